The minimum absolute atomic E-state index is 0. The second kappa shape index (κ2) is 16.5. The van der Waals surface area contributed by atoms with E-state index < -0.39 is 5.09 Å². The Morgan fingerprint density at radius 3 is 1.32 bits per heavy atom. The SMILES string of the molecule is Clc1cc(-c2ccccn2)nc(-c2ccccn2)c1.O=[N+]([O-])[O-].[NH2-].[Pt+2].c1cc(-c2ccncc2)ccn1. The minimum atomic E-state index is -1.75. The van der Waals surface area contributed by atoms with Crippen LogP contribution in [-0.4, -0.2) is 30.0 Å². The summed E-state index contributed by atoms with van der Waals surface area (Å²) in [5, 5.41) is 15.4. The summed E-state index contributed by atoms with van der Waals surface area (Å²) < 4.78 is 0. The summed E-state index contributed by atoms with van der Waals surface area (Å²) in [6, 6.07) is 22.9. The number of nitrogens with zero attached hydrogens (tertiary/aromatic N) is 6. The summed E-state index contributed by atoms with van der Waals surface area (Å²) in [7, 11) is 0. The molecule has 0 radical (unpaired) electrons. The Labute approximate surface area is 232 Å². The van der Waals surface area contributed by atoms with Crippen molar-refractivity contribution in [1.82, 2.24) is 24.9 Å². The van der Waals surface area contributed by atoms with Crippen LogP contribution < -0.4 is 0 Å². The Hall–Kier alpha value is -4.11. The third kappa shape index (κ3) is 10.6. The Morgan fingerprint density at radius 2 is 1.00 bits per heavy atom. The number of pyridine rings is 5. The predicted octanol–water partition coefficient (Wildman–Crippen LogP) is 6.48. The van der Waals surface area contributed by atoms with Crippen molar-refractivity contribution >= 4 is 11.6 Å². The molecule has 0 amide bonds. The molecule has 0 aliphatic rings. The summed E-state index contributed by atoms with van der Waals surface area (Å²) in [6.07, 6.45) is 10.6. The molecular weight excluding hydrogens is 677 g/mol. The molecule has 0 saturated heterocycles. The van der Waals surface area contributed by atoms with E-state index >= 15 is 0 Å². The zero-order chi connectivity index (χ0) is 24.9. The van der Waals surface area contributed by atoms with Crippen molar-refractivity contribution < 1.29 is 26.2 Å². The summed E-state index contributed by atoms with van der Waals surface area (Å²) in [6.45, 7) is 0. The molecule has 0 aromatic carbocycles. The molecule has 0 unspecified atom stereocenters. The van der Waals surface area contributed by atoms with Crippen molar-refractivity contribution in [3.05, 3.63) is 136 Å². The molecule has 0 atom stereocenters. The van der Waals surface area contributed by atoms with Crippen molar-refractivity contribution in [2.24, 2.45) is 0 Å². The molecule has 5 aromatic rings. The number of halogens is 1. The van der Waals surface area contributed by atoms with E-state index in [1.54, 1.807) is 49.3 Å². The Morgan fingerprint density at radius 1 is 0.622 bits per heavy atom. The third-order valence-corrected chi connectivity index (χ3v) is 4.56. The van der Waals surface area contributed by atoms with E-state index in [2.05, 4.69) is 24.9 Å². The predicted molar refractivity (Wildman–Crippen MR) is 139 cm³/mol. The van der Waals surface area contributed by atoms with Gasteiger partial charge >= 0.3 is 21.1 Å². The van der Waals surface area contributed by atoms with Crippen LogP contribution in [0.1, 0.15) is 0 Å². The monoisotopic (exact) mass is 696 g/mol. The molecule has 5 heterocycles. The van der Waals surface area contributed by atoms with Crippen molar-refractivity contribution in [3.63, 3.8) is 0 Å². The standard InChI is InChI=1S/C15H10ClN3.C10H8N2.NO3.H2N.Pt/c16-11-9-14(12-5-1-3-7-17-12)19-15(10-11)13-6-2-4-8-18-13;1-5-11-6-2-9(1)10-3-7-12-8-4-10;2-1(3)4;;/h1-10H;1-8H;;1H2;/q;;2*-1;+2. The molecule has 0 aliphatic carbocycles. The molecule has 0 aliphatic heterocycles. The molecule has 37 heavy (non-hydrogen) atoms. The van der Waals surface area contributed by atoms with Gasteiger partial charge in [-0.05, 0) is 71.8 Å². The summed E-state index contributed by atoms with van der Waals surface area (Å²) in [5.41, 5.74) is 5.42. The first kappa shape index (κ1) is 30.9. The van der Waals surface area contributed by atoms with E-state index in [9.17, 15) is 0 Å². The van der Waals surface area contributed by atoms with Crippen molar-refractivity contribution in [3.8, 4) is 33.9 Å². The van der Waals surface area contributed by atoms with Gasteiger partial charge in [-0.1, -0.05) is 23.7 Å². The largest absolute Gasteiger partial charge is 2.00 e. The first-order valence-electron chi connectivity index (χ1n) is 10.2. The minimum Gasteiger partial charge on any atom is -0.693 e. The smallest absolute Gasteiger partial charge is 0.693 e. The van der Waals surface area contributed by atoms with Gasteiger partial charge in [-0.3, -0.25) is 19.9 Å². The molecule has 0 bridgehead atoms. The third-order valence-electron chi connectivity index (χ3n) is 4.34. The van der Waals surface area contributed by atoms with E-state index in [0.29, 0.717) is 5.02 Å². The average molecular weight is 697 g/mol. The Bertz CT molecular complexity index is 1240. The summed E-state index contributed by atoms with van der Waals surface area (Å²) in [5.74, 6) is 0. The second-order valence-corrected chi connectivity index (χ2v) is 7.12. The van der Waals surface area contributed by atoms with Crippen molar-refractivity contribution in [2.45, 2.75) is 0 Å². The van der Waals surface area contributed by atoms with E-state index in [4.69, 9.17) is 26.9 Å². The van der Waals surface area contributed by atoms with Crippen molar-refractivity contribution in [2.75, 3.05) is 0 Å². The first-order valence-corrected chi connectivity index (χ1v) is 10.5. The van der Waals surface area contributed by atoms with Crippen LogP contribution in [0.4, 0.5) is 0 Å². The van der Waals surface area contributed by atoms with Crippen LogP contribution in [0.2, 0.25) is 5.02 Å². The molecule has 0 saturated carbocycles. The maximum absolute atomic E-state index is 8.25. The summed E-state index contributed by atoms with van der Waals surface area (Å²) >= 11 is 6.15. The molecule has 5 rings (SSSR count). The number of aromatic nitrogens is 5. The van der Waals surface area contributed by atoms with Crippen LogP contribution in [0.15, 0.2) is 110 Å². The maximum Gasteiger partial charge on any atom is 2.00 e. The van der Waals surface area contributed by atoms with E-state index in [1.165, 1.54) is 11.1 Å². The van der Waals surface area contributed by atoms with E-state index in [-0.39, 0.29) is 27.2 Å². The Kier molecular flexibility index (Phi) is 13.8. The van der Waals surface area contributed by atoms with Crippen LogP contribution in [0, 0.1) is 15.3 Å². The van der Waals surface area contributed by atoms with Crippen LogP contribution in [0.25, 0.3) is 40.1 Å². The molecule has 190 valence electrons. The van der Waals surface area contributed by atoms with Crippen LogP contribution in [-0.2, 0) is 21.1 Å². The average Bonchev–Trinajstić information content (AvgIpc) is 2.90. The molecule has 10 nitrogen and oxygen atoms in total. The van der Waals surface area contributed by atoms with Gasteiger partial charge in [0.2, 0.25) is 0 Å². The van der Waals surface area contributed by atoms with Crippen LogP contribution in [0.3, 0.4) is 0 Å². The summed E-state index contributed by atoms with van der Waals surface area (Å²) in [4.78, 5) is 29.3. The zero-order valence-corrected chi connectivity index (χ0v) is 22.1. The normalized spacial score (nSPS) is 9.11. The van der Waals surface area contributed by atoms with Gasteiger partial charge in [-0.2, -0.15) is 0 Å². The molecule has 0 spiro atoms. The second-order valence-electron chi connectivity index (χ2n) is 6.68. The fourth-order valence-electron chi connectivity index (χ4n) is 2.88. The number of rotatable bonds is 3. The fourth-order valence-corrected chi connectivity index (χ4v) is 3.08. The van der Waals surface area contributed by atoms with Gasteiger partial charge in [0, 0.05) is 42.2 Å². The Balaban J connectivity index is 0.000000329. The molecule has 0 fully saturated rings. The van der Waals surface area contributed by atoms with Gasteiger partial charge in [-0.25, -0.2) is 4.98 Å². The van der Waals surface area contributed by atoms with Gasteiger partial charge in [0.15, 0.2) is 0 Å². The zero-order valence-electron chi connectivity index (χ0n) is 19.1. The van der Waals surface area contributed by atoms with Gasteiger partial charge in [0.05, 0.1) is 27.9 Å². The number of hydrogen-bond acceptors (Lipinski definition) is 8. The van der Waals surface area contributed by atoms with Crippen molar-refractivity contribution in [1.29, 1.82) is 0 Å². The number of hydrogen-bond donors (Lipinski definition) is 0. The molecule has 12 heteroatoms. The van der Waals surface area contributed by atoms with E-state index in [1.807, 2.05) is 60.7 Å². The maximum atomic E-state index is 8.25. The van der Waals surface area contributed by atoms with Gasteiger partial charge in [0.25, 0.3) is 0 Å². The first-order chi connectivity index (χ1) is 17.0. The molecular formula is C25H20ClN7O3Pt. The number of nitrogens with two attached hydrogens (primary N) is 1. The van der Waals surface area contributed by atoms with Gasteiger partial charge < -0.3 is 21.5 Å². The van der Waals surface area contributed by atoms with Gasteiger partial charge in [-0.15, -0.1) is 0 Å². The topological polar surface area (TPSA) is 164 Å². The van der Waals surface area contributed by atoms with Crippen LogP contribution in [0.5, 0.6) is 0 Å². The quantitative estimate of drug-likeness (QED) is 0.153. The van der Waals surface area contributed by atoms with Gasteiger partial charge in [0.1, 0.15) is 0 Å². The fraction of sp³-hybridized carbons (Fsp3) is 0. The van der Waals surface area contributed by atoms with Crippen LogP contribution >= 0.6 is 11.6 Å². The van der Waals surface area contributed by atoms with E-state index in [0.717, 1.165) is 22.8 Å². The molecule has 5 aromatic heterocycles. The molecule has 2 N–H and O–H groups in total.